The summed E-state index contributed by atoms with van der Waals surface area (Å²) in [5.74, 6) is -0.266. The molecule has 2 aromatic carbocycles. The fourth-order valence-corrected chi connectivity index (χ4v) is 1.97. The van der Waals surface area contributed by atoms with Crippen LogP contribution in [0.4, 0.5) is 4.39 Å². The minimum atomic E-state index is -0.283. The number of aryl methyl sites for hydroxylation is 1. The van der Waals surface area contributed by atoms with Crippen LogP contribution >= 0.6 is 0 Å². The summed E-state index contributed by atoms with van der Waals surface area (Å²) in [5.41, 5.74) is 3.30. The molecule has 0 amide bonds. The van der Waals surface area contributed by atoms with Gasteiger partial charge in [0.2, 0.25) is 0 Å². The molecule has 0 saturated carbocycles. The summed E-state index contributed by atoms with van der Waals surface area (Å²) >= 11 is 0. The third kappa shape index (κ3) is 2.65. The maximum atomic E-state index is 13.3. The van der Waals surface area contributed by atoms with Gasteiger partial charge in [-0.1, -0.05) is 30.3 Å². The summed E-state index contributed by atoms with van der Waals surface area (Å²) in [6.45, 7) is 3.78. The van der Waals surface area contributed by atoms with E-state index in [0.717, 1.165) is 16.7 Å². The van der Waals surface area contributed by atoms with Crippen molar-refractivity contribution in [2.75, 3.05) is 0 Å². The molecule has 0 radical (unpaired) electrons. The second-order valence-electron chi connectivity index (χ2n) is 4.47. The molecule has 0 aromatic heterocycles. The zero-order valence-electron chi connectivity index (χ0n) is 10.5. The topological polar surface area (TPSA) is 17.1 Å². The van der Waals surface area contributed by atoms with Gasteiger partial charge in [-0.25, -0.2) is 4.39 Å². The second kappa shape index (κ2) is 5.13. The fourth-order valence-electron chi connectivity index (χ4n) is 1.97. The normalized spacial score (nSPS) is 10.4. The molecule has 0 bridgehead atoms. The third-order valence-corrected chi connectivity index (χ3v) is 3.19. The second-order valence-corrected chi connectivity index (χ2v) is 4.47. The van der Waals surface area contributed by atoms with E-state index in [-0.39, 0.29) is 18.0 Å². The predicted octanol–water partition coefficient (Wildman–Crippen LogP) is 3.87. The Morgan fingerprint density at radius 3 is 2.44 bits per heavy atom. The molecule has 92 valence electrons. The molecule has 0 N–H and O–H groups in total. The average Bonchev–Trinajstić information content (AvgIpc) is 2.36. The average molecular weight is 242 g/mol. The van der Waals surface area contributed by atoms with Crippen LogP contribution in [0.2, 0.25) is 0 Å². The maximum Gasteiger partial charge on any atom is 0.167 e. The zero-order valence-corrected chi connectivity index (χ0v) is 10.5. The standard InChI is InChI=1S/C16H15FO/c1-11-8-15(17)9-14(12(11)2)10-16(18)13-6-4-3-5-7-13/h3-9H,10H2,1-2H3. The number of ketones is 1. The number of carbonyl (C=O) groups excluding carboxylic acids is 1. The fraction of sp³-hybridized carbons (Fsp3) is 0.188. The first-order valence-corrected chi connectivity index (χ1v) is 5.92. The van der Waals surface area contributed by atoms with Crippen LogP contribution in [0.1, 0.15) is 27.0 Å². The summed E-state index contributed by atoms with van der Waals surface area (Å²) in [5, 5.41) is 0. The molecule has 0 aliphatic carbocycles. The molecule has 1 nitrogen and oxygen atoms in total. The quantitative estimate of drug-likeness (QED) is 0.747. The Kier molecular flexibility index (Phi) is 3.56. The summed E-state index contributed by atoms with van der Waals surface area (Å²) in [6.07, 6.45) is 0.244. The maximum absolute atomic E-state index is 13.3. The molecule has 0 atom stereocenters. The summed E-state index contributed by atoms with van der Waals surface area (Å²) in [7, 11) is 0. The van der Waals surface area contributed by atoms with Crippen molar-refractivity contribution in [2.24, 2.45) is 0 Å². The van der Waals surface area contributed by atoms with Crippen molar-refractivity contribution in [2.45, 2.75) is 20.3 Å². The molecule has 0 aliphatic heterocycles. The first-order valence-electron chi connectivity index (χ1n) is 5.92. The van der Waals surface area contributed by atoms with Gasteiger partial charge in [-0.3, -0.25) is 4.79 Å². The van der Waals surface area contributed by atoms with Gasteiger partial charge in [0.25, 0.3) is 0 Å². The van der Waals surface area contributed by atoms with Gasteiger partial charge < -0.3 is 0 Å². The van der Waals surface area contributed by atoms with E-state index >= 15 is 0 Å². The van der Waals surface area contributed by atoms with Crippen molar-refractivity contribution in [3.63, 3.8) is 0 Å². The highest BCUT2D eigenvalue weighted by atomic mass is 19.1. The van der Waals surface area contributed by atoms with Crippen molar-refractivity contribution in [3.8, 4) is 0 Å². The minimum Gasteiger partial charge on any atom is -0.294 e. The van der Waals surface area contributed by atoms with Crippen LogP contribution in [0.15, 0.2) is 42.5 Å². The number of halogens is 1. The van der Waals surface area contributed by atoms with Crippen LogP contribution in [-0.4, -0.2) is 5.78 Å². The highest BCUT2D eigenvalue weighted by molar-refractivity contribution is 5.97. The molecule has 0 saturated heterocycles. The number of hydrogen-bond donors (Lipinski definition) is 0. The van der Waals surface area contributed by atoms with Gasteiger partial charge in [-0.15, -0.1) is 0 Å². The molecule has 2 heteroatoms. The highest BCUT2D eigenvalue weighted by Crippen LogP contribution is 2.17. The molecule has 0 aliphatic rings. The van der Waals surface area contributed by atoms with E-state index in [4.69, 9.17) is 0 Å². The molecule has 2 aromatic rings. The van der Waals surface area contributed by atoms with E-state index in [0.29, 0.717) is 5.56 Å². The Morgan fingerprint density at radius 2 is 1.78 bits per heavy atom. The van der Waals surface area contributed by atoms with Gasteiger partial charge >= 0.3 is 0 Å². The van der Waals surface area contributed by atoms with Crippen LogP contribution in [-0.2, 0) is 6.42 Å². The molecular weight excluding hydrogens is 227 g/mol. The van der Waals surface area contributed by atoms with Gasteiger partial charge in [-0.2, -0.15) is 0 Å². The molecule has 0 spiro atoms. The Labute approximate surface area is 106 Å². The predicted molar refractivity (Wildman–Crippen MR) is 70.4 cm³/mol. The minimum absolute atomic E-state index is 0.0173. The van der Waals surface area contributed by atoms with E-state index in [9.17, 15) is 9.18 Å². The highest BCUT2D eigenvalue weighted by Gasteiger charge is 2.10. The SMILES string of the molecule is Cc1cc(F)cc(CC(=O)c2ccccc2)c1C. The molecular formula is C16H15FO. The molecule has 0 fully saturated rings. The van der Waals surface area contributed by atoms with Crippen LogP contribution < -0.4 is 0 Å². The Hall–Kier alpha value is -1.96. The van der Waals surface area contributed by atoms with Crippen molar-refractivity contribution in [1.29, 1.82) is 0 Å². The zero-order chi connectivity index (χ0) is 13.1. The van der Waals surface area contributed by atoms with E-state index in [1.54, 1.807) is 12.1 Å². The van der Waals surface area contributed by atoms with Gasteiger partial charge in [0, 0.05) is 12.0 Å². The molecule has 2 rings (SSSR count). The van der Waals surface area contributed by atoms with Gasteiger partial charge in [0.05, 0.1) is 0 Å². The van der Waals surface area contributed by atoms with E-state index in [1.807, 2.05) is 32.0 Å². The molecule has 0 unspecified atom stereocenters. The first-order chi connectivity index (χ1) is 8.58. The number of benzene rings is 2. The summed E-state index contributed by atoms with van der Waals surface area (Å²) in [6, 6.07) is 12.0. The number of Topliss-reactive ketones (excluding diaryl/α,β-unsaturated/α-hetero) is 1. The Morgan fingerprint density at radius 1 is 1.11 bits per heavy atom. The lowest BCUT2D eigenvalue weighted by atomic mass is 9.96. The van der Waals surface area contributed by atoms with Gasteiger partial charge in [0.15, 0.2) is 5.78 Å². The van der Waals surface area contributed by atoms with E-state index in [1.165, 1.54) is 12.1 Å². The van der Waals surface area contributed by atoms with Crippen molar-refractivity contribution < 1.29 is 9.18 Å². The Bertz CT molecular complexity index is 573. The monoisotopic (exact) mass is 242 g/mol. The largest absolute Gasteiger partial charge is 0.294 e. The first kappa shape index (κ1) is 12.5. The van der Waals surface area contributed by atoms with Crippen LogP contribution in [0.3, 0.4) is 0 Å². The van der Waals surface area contributed by atoms with Gasteiger partial charge in [-0.05, 0) is 42.7 Å². The van der Waals surface area contributed by atoms with Crippen LogP contribution in [0.5, 0.6) is 0 Å². The van der Waals surface area contributed by atoms with Crippen LogP contribution in [0, 0.1) is 19.7 Å². The lowest BCUT2D eigenvalue weighted by Crippen LogP contribution is -2.06. The lowest BCUT2D eigenvalue weighted by Gasteiger charge is -2.08. The molecule has 0 heterocycles. The number of hydrogen-bond acceptors (Lipinski definition) is 1. The van der Waals surface area contributed by atoms with E-state index < -0.39 is 0 Å². The smallest absolute Gasteiger partial charge is 0.167 e. The third-order valence-electron chi connectivity index (χ3n) is 3.19. The number of rotatable bonds is 3. The van der Waals surface area contributed by atoms with Gasteiger partial charge in [0.1, 0.15) is 5.82 Å². The molecule has 18 heavy (non-hydrogen) atoms. The van der Waals surface area contributed by atoms with E-state index in [2.05, 4.69) is 0 Å². The lowest BCUT2D eigenvalue weighted by molar-refractivity contribution is 0.0992. The Balaban J connectivity index is 2.28. The van der Waals surface area contributed by atoms with Crippen molar-refractivity contribution in [3.05, 3.63) is 70.5 Å². The van der Waals surface area contributed by atoms with Crippen molar-refractivity contribution >= 4 is 5.78 Å². The summed E-state index contributed by atoms with van der Waals surface area (Å²) < 4.78 is 13.3. The van der Waals surface area contributed by atoms with Crippen molar-refractivity contribution in [1.82, 2.24) is 0 Å². The van der Waals surface area contributed by atoms with Crippen LogP contribution in [0.25, 0.3) is 0 Å². The summed E-state index contributed by atoms with van der Waals surface area (Å²) in [4.78, 5) is 12.1. The number of carbonyl (C=O) groups is 1.